The summed E-state index contributed by atoms with van der Waals surface area (Å²) < 4.78 is 7.39. The van der Waals surface area contributed by atoms with Gasteiger partial charge in [0.2, 0.25) is 0 Å². The van der Waals surface area contributed by atoms with Crippen molar-refractivity contribution in [3.63, 3.8) is 0 Å². The van der Waals surface area contributed by atoms with E-state index < -0.39 is 11.2 Å². The minimum Gasteiger partial charge on any atom is -0.383 e. The lowest BCUT2D eigenvalue weighted by atomic mass is 10.2. The molecule has 0 spiro atoms. The van der Waals surface area contributed by atoms with E-state index in [9.17, 15) is 9.59 Å². The molecule has 0 saturated heterocycles. The van der Waals surface area contributed by atoms with Gasteiger partial charge in [-0.25, -0.2) is 4.79 Å². The second-order valence-corrected chi connectivity index (χ2v) is 4.83. The van der Waals surface area contributed by atoms with Gasteiger partial charge in [0.05, 0.1) is 6.61 Å². The molecule has 0 radical (unpaired) electrons. The average Bonchev–Trinajstić information content (AvgIpc) is 2.36. The summed E-state index contributed by atoms with van der Waals surface area (Å²) in [6, 6.07) is 0. The second-order valence-electron chi connectivity index (χ2n) is 4.83. The Morgan fingerprint density at radius 3 is 2.53 bits per heavy atom. The minimum atomic E-state index is -0.418. The molecule has 0 aliphatic carbocycles. The molecule has 0 aliphatic heterocycles. The van der Waals surface area contributed by atoms with Crippen LogP contribution in [0.5, 0.6) is 0 Å². The third kappa shape index (κ3) is 3.37. The first-order chi connectivity index (χ1) is 8.90. The highest BCUT2D eigenvalue weighted by Crippen LogP contribution is 2.11. The summed E-state index contributed by atoms with van der Waals surface area (Å²) in [6.45, 7) is 5.34. The average molecular weight is 270 g/mol. The van der Waals surface area contributed by atoms with Gasteiger partial charge in [-0.1, -0.05) is 13.8 Å². The standard InChI is InChI=1S/C12H22N4O3/c1-8(2)7-16-10(13)9(14-5-6-19-4)11(17)15(3)12(16)18/h8,14H,5-7,13H2,1-4H3. The van der Waals surface area contributed by atoms with Crippen molar-refractivity contribution in [2.24, 2.45) is 13.0 Å². The molecule has 1 rings (SSSR count). The molecule has 1 aromatic rings. The van der Waals surface area contributed by atoms with Crippen LogP contribution < -0.4 is 22.3 Å². The van der Waals surface area contributed by atoms with E-state index in [4.69, 9.17) is 10.5 Å². The van der Waals surface area contributed by atoms with Gasteiger partial charge in [-0.05, 0) is 5.92 Å². The molecule has 1 aromatic heterocycles. The molecular formula is C12H22N4O3. The van der Waals surface area contributed by atoms with Crippen molar-refractivity contribution in [2.45, 2.75) is 20.4 Å². The monoisotopic (exact) mass is 270 g/mol. The molecule has 0 aliphatic rings. The number of hydrogen-bond acceptors (Lipinski definition) is 5. The molecule has 0 bridgehead atoms. The number of nitrogens with one attached hydrogen (secondary N) is 1. The number of methoxy groups -OCH3 is 1. The van der Waals surface area contributed by atoms with Crippen molar-refractivity contribution in [2.75, 3.05) is 31.3 Å². The van der Waals surface area contributed by atoms with Crippen LogP contribution in [0.2, 0.25) is 0 Å². The molecule has 7 nitrogen and oxygen atoms in total. The first-order valence-corrected chi connectivity index (χ1v) is 6.22. The summed E-state index contributed by atoms with van der Waals surface area (Å²) in [7, 11) is 3.02. The fourth-order valence-electron chi connectivity index (χ4n) is 1.77. The third-order valence-electron chi connectivity index (χ3n) is 2.74. The van der Waals surface area contributed by atoms with Crippen molar-refractivity contribution in [1.82, 2.24) is 9.13 Å². The van der Waals surface area contributed by atoms with Crippen LogP contribution in [0.25, 0.3) is 0 Å². The molecule has 7 heteroatoms. The lowest BCUT2D eigenvalue weighted by Crippen LogP contribution is -2.41. The van der Waals surface area contributed by atoms with E-state index >= 15 is 0 Å². The molecule has 1 heterocycles. The third-order valence-corrected chi connectivity index (χ3v) is 2.74. The van der Waals surface area contributed by atoms with Gasteiger partial charge in [-0.2, -0.15) is 0 Å². The Kier molecular flexibility index (Phi) is 5.17. The van der Waals surface area contributed by atoms with Crippen molar-refractivity contribution in [1.29, 1.82) is 0 Å². The molecule has 19 heavy (non-hydrogen) atoms. The number of aromatic nitrogens is 2. The zero-order chi connectivity index (χ0) is 14.6. The summed E-state index contributed by atoms with van der Waals surface area (Å²) in [5.41, 5.74) is 5.37. The summed E-state index contributed by atoms with van der Waals surface area (Å²) in [6.07, 6.45) is 0. The van der Waals surface area contributed by atoms with E-state index in [0.29, 0.717) is 19.7 Å². The van der Waals surface area contributed by atoms with E-state index in [1.165, 1.54) is 11.6 Å². The largest absolute Gasteiger partial charge is 0.383 e. The highest BCUT2D eigenvalue weighted by molar-refractivity contribution is 5.60. The van der Waals surface area contributed by atoms with Crippen molar-refractivity contribution < 1.29 is 4.74 Å². The Hall–Kier alpha value is -1.76. The predicted octanol–water partition coefficient (Wildman–Crippen LogP) is -0.156. The molecule has 0 aromatic carbocycles. The fourth-order valence-corrected chi connectivity index (χ4v) is 1.77. The number of hydrogen-bond donors (Lipinski definition) is 2. The van der Waals surface area contributed by atoms with Gasteiger partial charge in [0.15, 0.2) is 0 Å². The fraction of sp³-hybridized carbons (Fsp3) is 0.667. The maximum absolute atomic E-state index is 12.0. The number of nitrogens with two attached hydrogens (primary N) is 1. The van der Waals surface area contributed by atoms with Crippen LogP contribution in [0, 0.1) is 5.92 Å². The highest BCUT2D eigenvalue weighted by Gasteiger charge is 2.15. The molecule has 0 fully saturated rings. The van der Waals surface area contributed by atoms with Crippen LogP contribution in [0.1, 0.15) is 13.8 Å². The van der Waals surface area contributed by atoms with Gasteiger partial charge in [0.25, 0.3) is 5.56 Å². The lowest BCUT2D eigenvalue weighted by Gasteiger charge is -2.17. The summed E-state index contributed by atoms with van der Waals surface area (Å²) in [4.78, 5) is 24.0. The van der Waals surface area contributed by atoms with E-state index in [2.05, 4.69) is 5.32 Å². The Morgan fingerprint density at radius 1 is 1.37 bits per heavy atom. The SMILES string of the molecule is COCCNc1c(N)n(CC(C)C)c(=O)n(C)c1=O. The highest BCUT2D eigenvalue weighted by atomic mass is 16.5. The van der Waals surface area contributed by atoms with Crippen LogP contribution in [-0.2, 0) is 18.3 Å². The zero-order valence-corrected chi connectivity index (χ0v) is 11.9. The first kappa shape index (κ1) is 15.3. The lowest BCUT2D eigenvalue weighted by molar-refractivity contribution is 0.210. The predicted molar refractivity (Wildman–Crippen MR) is 75.6 cm³/mol. The van der Waals surface area contributed by atoms with E-state index in [1.807, 2.05) is 13.8 Å². The van der Waals surface area contributed by atoms with Crippen LogP contribution in [-0.4, -0.2) is 29.4 Å². The maximum atomic E-state index is 12.0. The normalized spacial score (nSPS) is 11.0. The van der Waals surface area contributed by atoms with Gasteiger partial charge in [-0.3, -0.25) is 13.9 Å². The van der Waals surface area contributed by atoms with Crippen molar-refractivity contribution in [3.05, 3.63) is 20.8 Å². The summed E-state index contributed by atoms with van der Waals surface area (Å²) in [5.74, 6) is 0.433. The number of ether oxygens (including phenoxy) is 1. The number of anilines is 2. The van der Waals surface area contributed by atoms with Gasteiger partial charge in [0.1, 0.15) is 11.5 Å². The van der Waals surface area contributed by atoms with Crippen LogP contribution in [0.4, 0.5) is 11.5 Å². The minimum absolute atomic E-state index is 0.179. The molecule has 0 unspecified atom stereocenters. The van der Waals surface area contributed by atoms with Crippen molar-refractivity contribution >= 4 is 11.5 Å². The van der Waals surface area contributed by atoms with E-state index in [1.54, 1.807) is 7.11 Å². The van der Waals surface area contributed by atoms with Crippen LogP contribution in [0.3, 0.4) is 0 Å². The topological polar surface area (TPSA) is 91.3 Å². The Labute approximate surface area is 112 Å². The van der Waals surface area contributed by atoms with Gasteiger partial charge >= 0.3 is 5.69 Å². The van der Waals surface area contributed by atoms with Crippen molar-refractivity contribution in [3.8, 4) is 0 Å². The molecule has 0 atom stereocenters. The van der Waals surface area contributed by atoms with Gasteiger partial charge in [-0.15, -0.1) is 0 Å². The van der Waals surface area contributed by atoms with Gasteiger partial charge < -0.3 is 15.8 Å². The van der Waals surface area contributed by atoms with E-state index in [-0.39, 0.29) is 17.4 Å². The molecule has 0 amide bonds. The second kappa shape index (κ2) is 6.42. The smallest absolute Gasteiger partial charge is 0.332 e. The zero-order valence-electron chi connectivity index (χ0n) is 11.9. The van der Waals surface area contributed by atoms with E-state index in [0.717, 1.165) is 4.57 Å². The Balaban J connectivity index is 3.27. The Bertz CT molecular complexity index is 545. The first-order valence-electron chi connectivity index (χ1n) is 6.22. The molecule has 0 saturated carbocycles. The number of nitrogen functional groups attached to an aromatic ring is 1. The van der Waals surface area contributed by atoms with Gasteiger partial charge in [0, 0.05) is 27.2 Å². The number of rotatable bonds is 6. The molecular weight excluding hydrogens is 248 g/mol. The molecule has 108 valence electrons. The quantitative estimate of drug-likeness (QED) is 0.701. The summed E-state index contributed by atoms with van der Waals surface area (Å²) >= 11 is 0. The maximum Gasteiger partial charge on any atom is 0.332 e. The number of nitrogens with zero attached hydrogens (tertiary/aromatic N) is 2. The van der Waals surface area contributed by atoms with Crippen LogP contribution in [0.15, 0.2) is 9.59 Å². The Morgan fingerprint density at radius 2 is 2.00 bits per heavy atom. The summed E-state index contributed by atoms with van der Waals surface area (Å²) in [5, 5.41) is 2.92. The molecule has 3 N–H and O–H groups in total. The van der Waals surface area contributed by atoms with Crippen LogP contribution >= 0.6 is 0 Å².